The van der Waals surface area contributed by atoms with Crippen LogP contribution in [0.2, 0.25) is 5.02 Å². The second kappa shape index (κ2) is 8.77. The van der Waals surface area contributed by atoms with Gasteiger partial charge in [0.1, 0.15) is 5.75 Å². The van der Waals surface area contributed by atoms with Crippen LogP contribution in [0.5, 0.6) is 5.75 Å². The van der Waals surface area contributed by atoms with Crippen LogP contribution in [0.3, 0.4) is 0 Å². The lowest BCUT2D eigenvalue weighted by atomic mass is 10.1. The van der Waals surface area contributed by atoms with E-state index in [0.29, 0.717) is 29.5 Å². The molecule has 6 nitrogen and oxygen atoms in total. The molecule has 0 spiro atoms. The fourth-order valence-electron chi connectivity index (χ4n) is 2.88. The van der Waals surface area contributed by atoms with E-state index >= 15 is 0 Å². The maximum Gasteiger partial charge on any atom is 0.262 e. The van der Waals surface area contributed by atoms with Crippen molar-refractivity contribution in [3.8, 4) is 5.75 Å². The number of carbonyl (C=O) groups is 2. The van der Waals surface area contributed by atoms with E-state index in [1.54, 1.807) is 30.3 Å². The number of anilines is 2. The highest BCUT2D eigenvalue weighted by molar-refractivity contribution is 6.33. The van der Waals surface area contributed by atoms with Gasteiger partial charge in [0.25, 0.3) is 5.91 Å². The summed E-state index contributed by atoms with van der Waals surface area (Å²) < 4.78 is 5.83. The quantitative estimate of drug-likeness (QED) is 0.799. The van der Waals surface area contributed by atoms with E-state index in [-0.39, 0.29) is 18.4 Å². The Morgan fingerprint density at radius 3 is 2.70 bits per heavy atom. The van der Waals surface area contributed by atoms with Gasteiger partial charge in [0.05, 0.1) is 29.5 Å². The molecule has 7 heteroatoms. The average molecular weight is 388 g/mol. The minimum absolute atomic E-state index is 0.0865. The molecule has 3 rings (SSSR count). The maximum absolute atomic E-state index is 12.5. The fraction of sp³-hybridized carbons (Fsp3) is 0.300. The van der Waals surface area contributed by atoms with Gasteiger partial charge in [-0.15, -0.1) is 0 Å². The van der Waals surface area contributed by atoms with Crippen molar-refractivity contribution in [1.82, 2.24) is 5.32 Å². The zero-order valence-electron chi connectivity index (χ0n) is 15.1. The molecule has 2 aromatic rings. The zero-order valence-corrected chi connectivity index (χ0v) is 15.8. The van der Waals surface area contributed by atoms with Crippen molar-refractivity contribution in [1.29, 1.82) is 0 Å². The summed E-state index contributed by atoms with van der Waals surface area (Å²) in [5.41, 5.74) is 1.34. The van der Waals surface area contributed by atoms with Crippen LogP contribution in [0.25, 0.3) is 0 Å². The monoisotopic (exact) mass is 387 g/mol. The molecule has 1 atom stereocenters. The van der Waals surface area contributed by atoms with Gasteiger partial charge in [0.2, 0.25) is 5.91 Å². The second-order valence-electron chi connectivity index (χ2n) is 6.27. The van der Waals surface area contributed by atoms with Gasteiger partial charge in [-0.2, -0.15) is 0 Å². The molecule has 0 saturated carbocycles. The zero-order chi connectivity index (χ0) is 19.2. The highest BCUT2D eigenvalue weighted by Gasteiger charge is 2.31. The largest absolute Gasteiger partial charge is 0.477 e. The van der Waals surface area contributed by atoms with Crippen LogP contribution in [0, 0.1) is 0 Å². The first-order valence-electron chi connectivity index (χ1n) is 8.91. The molecule has 2 N–H and O–H groups in total. The summed E-state index contributed by atoms with van der Waals surface area (Å²) >= 11 is 6.10. The molecule has 2 amide bonds. The molecule has 142 valence electrons. The van der Waals surface area contributed by atoms with E-state index in [9.17, 15) is 9.59 Å². The van der Waals surface area contributed by atoms with Gasteiger partial charge >= 0.3 is 0 Å². The smallest absolute Gasteiger partial charge is 0.262 e. The third-order valence-corrected chi connectivity index (χ3v) is 4.52. The van der Waals surface area contributed by atoms with Gasteiger partial charge in [-0.05, 0) is 30.7 Å². The van der Waals surface area contributed by atoms with Crippen molar-refractivity contribution >= 4 is 34.8 Å². The number of nitrogens with one attached hydrogen (secondary N) is 2. The number of fused-ring (bicyclic) bond motifs is 1. The number of amides is 2. The van der Waals surface area contributed by atoms with E-state index < -0.39 is 6.10 Å². The predicted octanol–water partition coefficient (Wildman–Crippen LogP) is 3.07. The van der Waals surface area contributed by atoms with Crippen LogP contribution >= 0.6 is 11.6 Å². The molecular formula is C20H22ClN3O3. The summed E-state index contributed by atoms with van der Waals surface area (Å²) in [4.78, 5) is 26.7. The number of para-hydroxylation sites is 3. The van der Waals surface area contributed by atoms with E-state index in [4.69, 9.17) is 16.3 Å². The van der Waals surface area contributed by atoms with Gasteiger partial charge in [0, 0.05) is 6.54 Å². The van der Waals surface area contributed by atoms with Crippen molar-refractivity contribution in [3.63, 3.8) is 0 Å². The Kier molecular flexibility index (Phi) is 6.19. The van der Waals surface area contributed by atoms with E-state index in [2.05, 4.69) is 10.6 Å². The van der Waals surface area contributed by atoms with E-state index in [1.165, 1.54) is 0 Å². The normalized spacial score (nSPS) is 15.5. The maximum atomic E-state index is 12.5. The molecule has 0 bridgehead atoms. The number of rotatable bonds is 6. The van der Waals surface area contributed by atoms with Gasteiger partial charge in [-0.3, -0.25) is 9.59 Å². The van der Waals surface area contributed by atoms with Crippen molar-refractivity contribution in [2.45, 2.75) is 19.4 Å². The molecule has 0 saturated heterocycles. The summed E-state index contributed by atoms with van der Waals surface area (Å²) in [5, 5.41) is 6.14. The Hall–Kier alpha value is -2.73. The lowest BCUT2D eigenvalue weighted by Gasteiger charge is -2.35. The summed E-state index contributed by atoms with van der Waals surface area (Å²) in [7, 11) is 0. The molecule has 0 aromatic heterocycles. The number of carbonyl (C=O) groups excluding carboxylic acids is 2. The number of hydrogen-bond donors (Lipinski definition) is 2. The minimum atomic E-state index is -0.667. The Morgan fingerprint density at radius 2 is 1.93 bits per heavy atom. The van der Waals surface area contributed by atoms with Crippen molar-refractivity contribution in [2.75, 3.05) is 29.9 Å². The first kappa shape index (κ1) is 19.0. The molecule has 1 heterocycles. The first-order valence-corrected chi connectivity index (χ1v) is 9.29. The molecular weight excluding hydrogens is 366 g/mol. The number of benzene rings is 2. The fourth-order valence-corrected chi connectivity index (χ4v) is 3.06. The molecule has 0 aliphatic carbocycles. The standard InChI is InChI=1S/C20H22ClN3O3/c1-2-11-22-20(26)18-12-24(16-9-5-6-10-17(16)27-18)13-19(25)23-15-8-4-3-7-14(15)21/h3-10,18H,2,11-13H2,1H3,(H,22,26)(H,23,25). The summed E-state index contributed by atoms with van der Waals surface area (Å²) in [6.07, 6.45) is 0.179. The third-order valence-electron chi connectivity index (χ3n) is 4.19. The molecule has 1 aliphatic rings. The van der Waals surface area contributed by atoms with Gasteiger partial charge in [0.15, 0.2) is 6.10 Å². The lowest BCUT2D eigenvalue weighted by molar-refractivity contribution is -0.128. The molecule has 1 unspecified atom stereocenters. The Labute approximate surface area is 163 Å². The number of nitrogens with zero attached hydrogens (tertiary/aromatic N) is 1. The van der Waals surface area contributed by atoms with Gasteiger partial charge in [-0.25, -0.2) is 0 Å². The number of hydrogen-bond acceptors (Lipinski definition) is 4. The highest BCUT2D eigenvalue weighted by atomic mass is 35.5. The summed E-state index contributed by atoms with van der Waals surface area (Å²) in [5.74, 6) is 0.196. The predicted molar refractivity (Wildman–Crippen MR) is 106 cm³/mol. The molecule has 27 heavy (non-hydrogen) atoms. The summed E-state index contributed by atoms with van der Waals surface area (Å²) in [6.45, 7) is 2.96. The second-order valence-corrected chi connectivity index (χ2v) is 6.68. The van der Waals surface area contributed by atoms with Crippen LogP contribution in [0.15, 0.2) is 48.5 Å². The molecule has 0 radical (unpaired) electrons. The average Bonchev–Trinajstić information content (AvgIpc) is 2.67. The van der Waals surface area contributed by atoms with Crippen LogP contribution < -0.4 is 20.3 Å². The minimum Gasteiger partial charge on any atom is -0.477 e. The number of ether oxygens (including phenoxy) is 1. The molecule has 1 aliphatic heterocycles. The van der Waals surface area contributed by atoms with Crippen molar-refractivity contribution in [2.24, 2.45) is 0 Å². The van der Waals surface area contributed by atoms with Crippen LogP contribution in [-0.2, 0) is 9.59 Å². The SMILES string of the molecule is CCCNC(=O)C1CN(CC(=O)Nc2ccccc2Cl)c2ccccc2O1. The third kappa shape index (κ3) is 4.71. The first-order chi connectivity index (χ1) is 13.1. The summed E-state index contributed by atoms with van der Waals surface area (Å²) in [6, 6.07) is 14.5. The van der Waals surface area contributed by atoms with Crippen LogP contribution in [0.1, 0.15) is 13.3 Å². The van der Waals surface area contributed by atoms with Crippen molar-refractivity contribution in [3.05, 3.63) is 53.6 Å². The molecule has 2 aromatic carbocycles. The van der Waals surface area contributed by atoms with Gasteiger partial charge in [-0.1, -0.05) is 42.8 Å². The Balaban J connectivity index is 1.73. The Bertz CT molecular complexity index is 828. The topological polar surface area (TPSA) is 70.7 Å². The lowest BCUT2D eigenvalue weighted by Crippen LogP contribution is -2.50. The highest BCUT2D eigenvalue weighted by Crippen LogP contribution is 2.33. The van der Waals surface area contributed by atoms with Gasteiger partial charge < -0.3 is 20.3 Å². The van der Waals surface area contributed by atoms with Crippen LogP contribution in [0.4, 0.5) is 11.4 Å². The van der Waals surface area contributed by atoms with Crippen LogP contribution in [-0.4, -0.2) is 37.6 Å². The van der Waals surface area contributed by atoms with E-state index in [1.807, 2.05) is 30.0 Å². The Morgan fingerprint density at radius 1 is 1.19 bits per heavy atom. The van der Waals surface area contributed by atoms with E-state index in [0.717, 1.165) is 12.1 Å². The molecule has 0 fully saturated rings. The van der Waals surface area contributed by atoms with Crippen molar-refractivity contribution < 1.29 is 14.3 Å². The number of halogens is 1.